The summed E-state index contributed by atoms with van der Waals surface area (Å²) in [4.78, 5) is 6.80. The van der Waals surface area contributed by atoms with Crippen molar-refractivity contribution in [2.45, 2.75) is 20.8 Å². The summed E-state index contributed by atoms with van der Waals surface area (Å²) in [5, 5.41) is 0. The number of aromatic nitrogens is 1. The van der Waals surface area contributed by atoms with E-state index in [2.05, 4.69) is 63.9 Å². The summed E-state index contributed by atoms with van der Waals surface area (Å²) in [6.45, 7) is 10.1. The Hall–Kier alpha value is -0.930. The minimum atomic E-state index is 0.290. The highest BCUT2D eigenvalue weighted by molar-refractivity contribution is 5.33. The van der Waals surface area contributed by atoms with Gasteiger partial charge in [0, 0.05) is 24.2 Å². The van der Waals surface area contributed by atoms with Gasteiger partial charge >= 0.3 is 0 Å². The molecule has 0 bridgehead atoms. The minimum Gasteiger partial charge on any atom is -0.304 e. The number of pyridine rings is 1. The van der Waals surface area contributed by atoms with Crippen molar-refractivity contribution in [3.63, 3.8) is 0 Å². The lowest BCUT2D eigenvalue weighted by atomic mass is 9.94. The first-order valence-corrected chi connectivity index (χ1v) is 6.64. The highest BCUT2D eigenvalue weighted by Gasteiger charge is 2.31. The van der Waals surface area contributed by atoms with E-state index in [0.717, 1.165) is 29.9 Å². The van der Waals surface area contributed by atoms with Crippen molar-refractivity contribution in [2.24, 2.45) is 5.41 Å². The van der Waals surface area contributed by atoms with E-state index in [4.69, 9.17) is 0 Å². The number of hydrogen-bond acceptors (Lipinski definition) is 2. The van der Waals surface area contributed by atoms with Gasteiger partial charge in [-0.2, -0.15) is 0 Å². The van der Waals surface area contributed by atoms with Crippen molar-refractivity contribution in [3.05, 3.63) is 24.4 Å². The average molecular weight is 250 g/mol. The standard InChI is InChI=1S/C15H28N3/c1-15(2,3)13-18(6,12-11-17(4)5)14-9-7-8-10-16-14/h7-10H,11-13H2,1-6H3/q+1. The maximum absolute atomic E-state index is 4.57. The largest absolute Gasteiger partial charge is 0.304 e. The third-order valence-electron chi connectivity index (χ3n) is 3.07. The molecule has 18 heavy (non-hydrogen) atoms. The van der Waals surface area contributed by atoms with Gasteiger partial charge in [-0.15, -0.1) is 0 Å². The maximum atomic E-state index is 4.57. The lowest BCUT2D eigenvalue weighted by Gasteiger charge is -2.38. The van der Waals surface area contributed by atoms with E-state index in [-0.39, 0.29) is 0 Å². The van der Waals surface area contributed by atoms with Crippen LogP contribution in [0.25, 0.3) is 0 Å². The van der Waals surface area contributed by atoms with Gasteiger partial charge in [0.2, 0.25) is 5.82 Å². The van der Waals surface area contributed by atoms with Gasteiger partial charge in [0.05, 0.1) is 20.1 Å². The first kappa shape index (κ1) is 15.1. The predicted octanol–water partition coefficient (Wildman–Crippen LogP) is 2.63. The van der Waals surface area contributed by atoms with E-state index in [0.29, 0.717) is 5.41 Å². The third-order valence-corrected chi connectivity index (χ3v) is 3.07. The smallest absolute Gasteiger partial charge is 0.227 e. The molecule has 1 aromatic rings. The number of nitrogens with zero attached hydrogens (tertiary/aromatic N) is 3. The zero-order valence-electron chi connectivity index (χ0n) is 12.8. The molecule has 3 heteroatoms. The van der Waals surface area contributed by atoms with Gasteiger partial charge in [0.1, 0.15) is 0 Å². The predicted molar refractivity (Wildman–Crippen MR) is 79.7 cm³/mol. The fraction of sp³-hybridized carbons (Fsp3) is 0.667. The van der Waals surface area contributed by atoms with Crippen molar-refractivity contribution in [2.75, 3.05) is 40.8 Å². The fourth-order valence-electron chi connectivity index (χ4n) is 2.42. The van der Waals surface area contributed by atoms with Crippen LogP contribution in [0.2, 0.25) is 0 Å². The molecule has 0 radical (unpaired) electrons. The minimum absolute atomic E-state index is 0.290. The lowest BCUT2D eigenvalue weighted by molar-refractivity contribution is 0.205. The zero-order chi connectivity index (χ0) is 13.8. The average Bonchev–Trinajstić information content (AvgIpc) is 2.25. The molecule has 0 aliphatic rings. The molecule has 0 saturated carbocycles. The van der Waals surface area contributed by atoms with Crippen molar-refractivity contribution in [1.82, 2.24) is 14.4 Å². The van der Waals surface area contributed by atoms with Gasteiger partial charge in [0.15, 0.2) is 0 Å². The topological polar surface area (TPSA) is 16.1 Å². The Morgan fingerprint density at radius 1 is 1.22 bits per heavy atom. The fourth-order valence-corrected chi connectivity index (χ4v) is 2.42. The van der Waals surface area contributed by atoms with Crippen molar-refractivity contribution >= 4 is 5.82 Å². The second kappa shape index (κ2) is 5.81. The van der Waals surface area contributed by atoms with E-state index >= 15 is 0 Å². The monoisotopic (exact) mass is 250 g/mol. The lowest BCUT2D eigenvalue weighted by Crippen LogP contribution is -2.53. The zero-order valence-corrected chi connectivity index (χ0v) is 12.8. The first-order chi connectivity index (χ1) is 8.23. The van der Waals surface area contributed by atoms with Crippen LogP contribution in [0.5, 0.6) is 0 Å². The van der Waals surface area contributed by atoms with Crippen molar-refractivity contribution < 1.29 is 0 Å². The van der Waals surface area contributed by atoms with Gasteiger partial charge in [-0.05, 0) is 20.2 Å². The Morgan fingerprint density at radius 3 is 2.33 bits per heavy atom. The molecule has 3 nitrogen and oxygen atoms in total. The number of quaternary nitrogens is 1. The van der Waals surface area contributed by atoms with E-state index in [1.165, 1.54) is 0 Å². The second-order valence-electron chi connectivity index (χ2n) is 6.83. The molecular formula is C15H28N3+. The molecule has 102 valence electrons. The molecule has 1 atom stereocenters. The molecule has 0 amide bonds. The quantitative estimate of drug-likeness (QED) is 0.747. The normalized spacial score (nSPS) is 15.7. The Morgan fingerprint density at radius 2 is 1.89 bits per heavy atom. The summed E-state index contributed by atoms with van der Waals surface area (Å²) >= 11 is 0. The first-order valence-electron chi connectivity index (χ1n) is 6.64. The molecule has 0 saturated heterocycles. The molecule has 0 aliphatic heterocycles. The van der Waals surface area contributed by atoms with Crippen LogP contribution in [0, 0.1) is 5.41 Å². The molecule has 1 aromatic heterocycles. The Balaban J connectivity index is 2.94. The Kier molecular flexibility index (Phi) is 4.88. The summed E-state index contributed by atoms with van der Waals surface area (Å²) in [5.41, 5.74) is 0.290. The summed E-state index contributed by atoms with van der Waals surface area (Å²) in [6.07, 6.45) is 1.89. The van der Waals surface area contributed by atoms with Crippen LogP contribution < -0.4 is 4.48 Å². The molecular weight excluding hydrogens is 222 g/mol. The van der Waals surface area contributed by atoms with E-state index < -0.39 is 0 Å². The van der Waals surface area contributed by atoms with Gasteiger partial charge in [-0.25, -0.2) is 4.98 Å². The Bertz CT molecular complexity index is 354. The van der Waals surface area contributed by atoms with Crippen LogP contribution in [0.15, 0.2) is 24.4 Å². The second-order valence-corrected chi connectivity index (χ2v) is 6.83. The van der Waals surface area contributed by atoms with Gasteiger partial charge in [0.25, 0.3) is 0 Å². The summed E-state index contributed by atoms with van der Waals surface area (Å²) < 4.78 is 0.891. The van der Waals surface area contributed by atoms with Crippen molar-refractivity contribution in [3.8, 4) is 0 Å². The van der Waals surface area contributed by atoms with Crippen LogP contribution >= 0.6 is 0 Å². The van der Waals surface area contributed by atoms with Crippen LogP contribution in [0.3, 0.4) is 0 Å². The molecule has 1 rings (SSSR count). The molecule has 0 spiro atoms. The van der Waals surface area contributed by atoms with E-state index in [9.17, 15) is 0 Å². The van der Waals surface area contributed by atoms with Crippen LogP contribution in [-0.4, -0.2) is 50.7 Å². The van der Waals surface area contributed by atoms with Gasteiger partial charge < -0.3 is 4.90 Å². The molecule has 1 unspecified atom stereocenters. The van der Waals surface area contributed by atoms with Crippen molar-refractivity contribution in [1.29, 1.82) is 0 Å². The maximum Gasteiger partial charge on any atom is 0.227 e. The van der Waals surface area contributed by atoms with E-state index in [1.807, 2.05) is 12.3 Å². The highest BCUT2D eigenvalue weighted by atomic mass is 15.4. The molecule has 0 aliphatic carbocycles. The molecule has 0 N–H and O–H groups in total. The van der Waals surface area contributed by atoms with E-state index in [1.54, 1.807) is 0 Å². The SMILES string of the molecule is CN(C)CC[N+](C)(CC(C)(C)C)c1ccccn1. The third kappa shape index (κ3) is 4.75. The number of likely N-dealkylation sites (N-methyl/N-ethyl adjacent to an activating group) is 2. The number of hydrogen-bond donors (Lipinski definition) is 0. The highest BCUT2D eigenvalue weighted by Crippen LogP contribution is 2.25. The Labute approximate surface area is 112 Å². The molecule has 0 aromatic carbocycles. The van der Waals surface area contributed by atoms with Crippen LogP contribution in [0.1, 0.15) is 20.8 Å². The summed E-state index contributed by atoms with van der Waals surface area (Å²) in [7, 11) is 6.54. The molecule has 0 fully saturated rings. The van der Waals surface area contributed by atoms with Crippen LogP contribution in [-0.2, 0) is 0 Å². The van der Waals surface area contributed by atoms with Gasteiger partial charge in [-0.1, -0.05) is 26.8 Å². The molecule has 1 heterocycles. The summed E-state index contributed by atoms with van der Waals surface area (Å²) in [5.74, 6) is 1.16. The van der Waals surface area contributed by atoms with Crippen LogP contribution in [0.4, 0.5) is 5.82 Å². The number of rotatable bonds is 5. The summed E-state index contributed by atoms with van der Waals surface area (Å²) in [6, 6.07) is 6.20. The van der Waals surface area contributed by atoms with Gasteiger partial charge in [-0.3, -0.25) is 4.48 Å².